The molecule has 0 fully saturated rings. The monoisotopic (exact) mass is 522 g/mol. The number of hydrogen-bond acceptors (Lipinski definition) is 5. The maximum Gasteiger partial charge on any atom is 0.277 e. The van der Waals surface area contributed by atoms with Crippen molar-refractivity contribution in [2.24, 2.45) is 0 Å². The third-order valence-electron chi connectivity index (χ3n) is 4.87. The van der Waals surface area contributed by atoms with E-state index < -0.39 is 16.3 Å². The van der Waals surface area contributed by atoms with E-state index in [1.807, 2.05) is 6.07 Å². The first-order valence-electron chi connectivity index (χ1n) is 9.46. The zero-order valence-electron chi connectivity index (χ0n) is 16.9. The smallest absolute Gasteiger partial charge is 0.277 e. The predicted molar refractivity (Wildman–Crippen MR) is 128 cm³/mol. The number of non-ortho nitro benzene ring substituents is 1. The minimum absolute atomic E-state index is 0.000698. The number of Topliss-reactive ketones (excluding diaryl/α,β-unsaturated/α-hetero) is 1. The Morgan fingerprint density at radius 2 is 1.70 bits per heavy atom. The molecule has 33 heavy (non-hydrogen) atoms. The number of benzene rings is 3. The van der Waals surface area contributed by atoms with E-state index in [4.69, 9.17) is 51.1 Å². The van der Waals surface area contributed by atoms with Crippen molar-refractivity contribution in [3.05, 3.63) is 90.4 Å². The maximum atomic E-state index is 12.9. The summed E-state index contributed by atoms with van der Waals surface area (Å²) in [6.45, 7) is 1.60. The topological polar surface area (TPSA) is 93.2 Å². The number of ether oxygens (including phenoxy) is 1. The molecule has 3 aromatic rings. The molecule has 0 N–H and O–H groups in total. The second-order valence-corrected chi connectivity index (χ2v) is 8.50. The molecule has 0 spiro atoms. The number of halogens is 4. The van der Waals surface area contributed by atoms with Gasteiger partial charge in [0.05, 0.1) is 25.0 Å². The van der Waals surface area contributed by atoms with Crippen molar-refractivity contribution in [1.82, 2.24) is 0 Å². The van der Waals surface area contributed by atoms with Crippen molar-refractivity contribution in [1.29, 1.82) is 5.26 Å². The molecule has 0 aromatic heterocycles. The molecule has 0 aliphatic carbocycles. The first-order valence-corrected chi connectivity index (χ1v) is 11.0. The van der Waals surface area contributed by atoms with Gasteiger partial charge in [-0.15, -0.1) is 0 Å². The Labute approximate surface area is 209 Å². The Bertz CT molecular complexity index is 1310. The molecule has 0 saturated carbocycles. The molecule has 6 nitrogen and oxygen atoms in total. The Balaban J connectivity index is 2.13. The van der Waals surface area contributed by atoms with E-state index in [2.05, 4.69) is 0 Å². The molecule has 1 atom stereocenters. The van der Waals surface area contributed by atoms with Crippen molar-refractivity contribution in [3.8, 4) is 22.9 Å². The minimum Gasteiger partial charge on any atom is -0.459 e. The maximum absolute atomic E-state index is 12.9. The van der Waals surface area contributed by atoms with E-state index in [0.29, 0.717) is 11.1 Å². The summed E-state index contributed by atoms with van der Waals surface area (Å²) in [7, 11) is 0. The number of nitrogens with zero attached hydrogens (tertiary/aromatic N) is 2. The summed E-state index contributed by atoms with van der Waals surface area (Å²) in [5.74, 6) is -0.476. The van der Waals surface area contributed by atoms with Gasteiger partial charge in [-0.25, -0.2) is 0 Å². The molecule has 168 valence electrons. The number of hydrogen-bond donors (Lipinski definition) is 0. The van der Waals surface area contributed by atoms with Crippen LogP contribution in [0.5, 0.6) is 5.75 Å². The Morgan fingerprint density at radius 3 is 2.27 bits per heavy atom. The number of ketones is 1. The summed E-state index contributed by atoms with van der Waals surface area (Å²) >= 11 is 24.7. The van der Waals surface area contributed by atoms with E-state index in [-0.39, 0.29) is 43.5 Å². The van der Waals surface area contributed by atoms with Crippen LogP contribution in [0.15, 0.2) is 54.6 Å². The van der Waals surface area contributed by atoms with Crippen LogP contribution in [0.1, 0.15) is 18.9 Å². The van der Waals surface area contributed by atoms with E-state index >= 15 is 0 Å². The van der Waals surface area contributed by atoms with Crippen molar-refractivity contribution in [2.45, 2.75) is 18.9 Å². The molecule has 0 aliphatic rings. The second-order valence-electron chi connectivity index (χ2n) is 6.87. The van der Waals surface area contributed by atoms with E-state index in [0.717, 1.165) is 0 Å². The van der Waals surface area contributed by atoms with Crippen molar-refractivity contribution in [3.63, 3.8) is 0 Å². The fourth-order valence-electron chi connectivity index (χ4n) is 3.16. The molecule has 1 unspecified atom stereocenters. The number of nitro groups is 1. The van der Waals surface area contributed by atoms with Gasteiger partial charge in [-0.05, 0) is 35.9 Å². The molecule has 0 heterocycles. The molecule has 3 aromatic carbocycles. The van der Waals surface area contributed by atoms with Crippen molar-refractivity contribution in [2.75, 3.05) is 0 Å². The molecule has 0 aliphatic heterocycles. The van der Waals surface area contributed by atoms with Crippen LogP contribution in [0.3, 0.4) is 0 Å². The van der Waals surface area contributed by atoms with Gasteiger partial charge in [0.2, 0.25) is 0 Å². The van der Waals surface area contributed by atoms with Crippen LogP contribution in [-0.2, 0) is 10.4 Å². The van der Waals surface area contributed by atoms with Crippen LogP contribution >= 0.6 is 46.4 Å². The van der Waals surface area contributed by atoms with Gasteiger partial charge in [-0.3, -0.25) is 14.9 Å². The average molecular weight is 524 g/mol. The summed E-state index contributed by atoms with van der Waals surface area (Å²) in [6.07, 6.45) is -0.000698. The first kappa shape index (κ1) is 24.8. The lowest BCUT2D eigenvalue weighted by Gasteiger charge is -2.27. The summed E-state index contributed by atoms with van der Waals surface area (Å²) in [4.78, 5) is 23.4. The van der Waals surface area contributed by atoms with Gasteiger partial charge >= 0.3 is 0 Å². The summed E-state index contributed by atoms with van der Waals surface area (Å²) in [6, 6.07) is 15.0. The van der Waals surface area contributed by atoms with Crippen LogP contribution in [0.25, 0.3) is 11.1 Å². The summed E-state index contributed by atoms with van der Waals surface area (Å²) in [5.41, 5.74) is -1.02. The number of carbonyl (C=O) groups excluding carboxylic acids is 1. The highest BCUT2D eigenvalue weighted by Gasteiger charge is 2.43. The third kappa shape index (κ3) is 4.92. The van der Waals surface area contributed by atoms with Gasteiger partial charge in [-0.2, -0.15) is 5.26 Å². The number of nitriles is 1. The lowest BCUT2D eigenvalue weighted by atomic mass is 9.89. The van der Waals surface area contributed by atoms with E-state index in [1.54, 1.807) is 13.0 Å². The zero-order chi connectivity index (χ0) is 24.3. The van der Waals surface area contributed by atoms with E-state index in [9.17, 15) is 20.2 Å². The second kappa shape index (κ2) is 9.98. The standard InChI is InChI=1S/C23H14Cl4N2O4/c1-2-22(30)23(12-28,14-4-8-17(24)20(27)10-14)33-21-9-13(3-7-18(21)25)16-6-5-15(29(31)32)11-19(16)26/h3-11H,2H2,1H3. The third-order valence-corrected chi connectivity index (χ3v) is 6.23. The zero-order valence-corrected chi connectivity index (χ0v) is 20.0. The average Bonchev–Trinajstić information content (AvgIpc) is 2.80. The van der Waals surface area contributed by atoms with Gasteiger partial charge in [0.15, 0.2) is 5.78 Å². The SMILES string of the molecule is CCC(=O)C(C#N)(Oc1cc(-c2ccc([N+](=O)[O-])cc2Cl)ccc1Cl)c1ccc(Cl)c(Cl)c1. The van der Waals surface area contributed by atoms with Gasteiger partial charge < -0.3 is 4.74 Å². The van der Waals surface area contributed by atoms with Crippen LogP contribution < -0.4 is 4.74 Å². The van der Waals surface area contributed by atoms with Gasteiger partial charge in [0.25, 0.3) is 11.3 Å². The highest BCUT2D eigenvalue weighted by Crippen LogP contribution is 2.40. The van der Waals surface area contributed by atoms with Crippen LogP contribution in [-0.4, -0.2) is 10.7 Å². The lowest BCUT2D eigenvalue weighted by molar-refractivity contribution is -0.384. The lowest BCUT2D eigenvalue weighted by Crippen LogP contribution is -2.40. The number of carbonyl (C=O) groups is 1. The summed E-state index contributed by atoms with van der Waals surface area (Å²) < 4.78 is 5.98. The van der Waals surface area contributed by atoms with Crippen LogP contribution in [0.4, 0.5) is 5.69 Å². The molecule has 3 rings (SSSR count). The minimum atomic E-state index is -2.04. The Kier molecular flexibility index (Phi) is 7.51. The number of nitro benzene ring substituents is 1. The van der Waals surface area contributed by atoms with Crippen LogP contribution in [0.2, 0.25) is 20.1 Å². The Hall–Kier alpha value is -2.82. The van der Waals surface area contributed by atoms with Crippen molar-refractivity contribution >= 4 is 57.9 Å². The molecule has 0 saturated heterocycles. The van der Waals surface area contributed by atoms with Crippen LogP contribution in [0, 0.1) is 21.4 Å². The van der Waals surface area contributed by atoms with Gasteiger partial charge in [0.1, 0.15) is 11.8 Å². The predicted octanol–water partition coefficient (Wildman–Crippen LogP) is 7.65. The van der Waals surface area contributed by atoms with E-state index in [1.165, 1.54) is 48.5 Å². The normalized spacial score (nSPS) is 12.5. The quantitative estimate of drug-likeness (QED) is 0.234. The fraction of sp³-hybridized carbons (Fsp3) is 0.130. The number of rotatable bonds is 7. The molecule has 10 heteroatoms. The highest BCUT2D eigenvalue weighted by atomic mass is 35.5. The Morgan fingerprint density at radius 1 is 1.00 bits per heavy atom. The summed E-state index contributed by atoms with van der Waals surface area (Å²) in [5, 5.41) is 21.7. The molecular formula is C23H14Cl4N2O4. The molecule has 0 bridgehead atoms. The van der Waals surface area contributed by atoms with Gasteiger partial charge in [-0.1, -0.05) is 65.5 Å². The highest BCUT2D eigenvalue weighted by molar-refractivity contribution is 6.42. The largest absolute Gasteiger partial charge is 0.459 e. The first-order chi connectivity index (χ1) is 15.6. The molecular weight excluding hydrogens is 510 g/mol. The van der Waals surface area contributed by atoms with Crippen molar-refractivity contribution < 1.29 is 14.5 Å². The fourth-order valence-corrected chi connectivity index (χ4v) is 3.89. The van der Waals surface area contributed by atoms with Gasteiger partial charge in [0, 0.05) is 29.7 Å². The molecule has 0 radical (unpaired) electrons. The molecule has 0 amide bonds.